The summed E-state index contributed by atoms with van der Waals surface area (Å²) in [5.41, 5.74) is 1.23. The number of halogens is 2. The van der Waals surface area contributed by atoms with Crippen molar-refractivity contribution in [1.29, 1.82) is 5.26 Å². The van der Waals surface area contributed by atoms with Gasteiger partial charge in [0.1, 0.15) is 11.6 Å². The maximum Gasteiger partial charge on any atom is 0.160 e. The van der Waals surface area contributed by atoms with Crippen LogP contribution in [0.4, 0.5) is 0 Å². The van der Waals surface area contributed by atoms with Crippen LogP contribution in [0.1, 0.15) is 5.56 Å². The van der Waals surface area contributed by atoms with Crippen molar-refractivity contribution in [1.82, 2.24) is 4.98 Å². The minimum Gasteiger partial charge on any atom is -0.228 e. The number of nitrogens with zero attached hydrogens (tertiary/aromatic N) is 2. The van der Waals surface area contributed by atoms with E-state index in [9.17, 15) is 0 Å². The van der Waals surface area contributed by atoms with Gasteiger partial charge in [0.15, 0.2) is 3.92 Å². The lowest BCUT2D eigenvalue weighted by atomic mass is 10.2. The summed E-state index contributed by atoms with van der Waals surface area (Å²) in [4.78, 5) is 4.17. The van der Waals surface area contributed by atoms with E-state index in [1.807, 2.05) is 0 Å². The first-order chi connectivity index (χ1) is 6.22. The van der Waals surface area contributed by atoms with Gasteiger partial charge in [0.25, 0.3) is 0 Å². The number of benzene rings is 1. The second-order valence-corrected chi connectivity index (χ2v) is 5.03. The highest BCUT2D eigenvalue weighted by molar-refractivity contribution is 9.11. The average Bonchev–Trinajstić information content (AvgIpc) is 2.48. The van der Waals surface area contributed by atoms with Gasteiger partial charge in [-0.1, -0.05) is 11.6 Å². The van der Waals surface area contributed by atoms with Gasteiger partial charge in [-0.3, -0.25) is 0 Å². The van der Waals surface area contributed by atoms with Gasteiger partial charge >= 0.3 is 0 Å². The smallest absolute Gasteiger partial charge is 0.160 e. The number of nitriles is 1. The Labute approximate surface area is 91.9 Å². The number of aromatic nitrogens is 1. The van der Waals surface area contributed by atoms with Crippen LogP contribution >= 0.6 is 38.9 Å². The van der Waals surface area contributed by atoms with Gasteiger partial charge in [-0.05, 0) is 28.1 Å². The Hall–Kier alpha value is -0.630. The fourth-order valence-electron chi connectivity index (χ4n) is 1.04. The van der Waals surface area contributed by atoms with E-state index >= 15 is 0 Å². The van der Waals surface area contributed by atoms with Crippen LogP contribution in [0.2, 0.25) is 5.02 Å². The third kappa shape index (κ3) is 1.44. The van der Waals surface area contributed by atoms with Crippen LogP contribution in [0.15, 0.2) is 16.0 Å². The Morgan fingerprint density at radius 2 is 2.31 bits per heavy atom. The summed E-state index contributed by atoms with van der Waals surface area (Å²) in [7, 11) is 0. The van der Waals surface area contributed by atoms with Crippen molar-refractivity contribution in [3.05, 3.63) is 26.6 Å². The molecule has 0 saturated carbocycles. The molecule has 0 atom stereocenters. The SMILES string of the molecule is N#Cc1ccc(Cl)c2sc(Br)nc12. The second kappa shape index (κ2) is 3.26. The Kier molecular flexibility index (Phi) is 2.24. The molecule has 13 heavy (non-hydrogen) atoms. The first-order valence-electron chi connectivity index (χ1n) is 3.37. The van der Waals surface area contributed by atoms with Crippen molar-refractivity contribution >= 4 is 49.1 Å². The average molecular weight is 274 g/mol. The summed E-state index contributed by atoms with van der Waals surface area (Å²) in [6, 6.07) is 5.47. The molecule has 0 fully saturated rings. The first kappa shape index (κ1) is 8.95. The lowest BCUT2D eigenvalue weighted by Gasteiger charge is -1.92. The fraction of sp³-hybridized carbons (Fsp3) is 0. The molecule has 0 spiro atoms. The summed E-state index contributed by atoms with van der Waals surface area (Å²) in [6.45, 7) is 0. The Balaban J connectivity index is 2.94. The molecule has 1 aromatic heterocycles. The topological polar surface area (TPSA) is 36.7 Å². The minimum absolute atomic E-state index is 0.557. The predicted octanol–water partition coefficient (Wildman–Crippen LogP) is 3.58. The van der Waals surface area contributed by atoms with E-state index in [4.69, 9.17) is 16.9 Å². The first-order valence-corrected chi connectivity index (χ1v) is 5.36. The van der Waals surface area contributed by atoms with Gasteiger partial charge in [-0.25, -0.2) is 4.98 Å². The molecule has 0 unspecified atom stereocenters. The van der Waals surface area contributed by atoms with Gasteiger partial charge in [0.2, 0.25) is 0 Å². The summed E-state index contributed by atoms with van der Waals surface area (Å²) in [6.07, 6.45) is 0. The number of hydrogen-bond donors (Lipinski definition) is 0. The highest BCUT2D eigenvalue weighted by Crippen LogP contribution is 2.33. The zero-order chi connectivity index (χ0) is 9.42. The quantitative estimate of drug-likeness (QED) is 0.735. The Morgan fingerprint density at radius 3 is 3.00 bits per heavy atom. The maximum absolute atomic E-state index is 8.79. The summed E-state index contributed by atoms with van der Waals surface area (Å²) < 4.78 is 1.60. The second-order valence-electron chi connectivity index (χ2n) is 2.35. The van der Waals surface area contributed by atoms with E-state index in [1.165, 1.54) is 11.3 Å². The normalized spacial score (nSPS) is 10.2. The standard InChI is InChI=1S/C8H2BrClN2S/c9-8-12-6-4(3-11)1-2-5(10)7(6)13-8/h1-2H. The zero-order valence-electron chi connectivity index (χ0n) is 6.21. The molecular formula is C8H2BrClN2S. The van der Waals surface area contributed by atoms with Crippen molar-refractivity contribution < 1.29 is 0 Å². The molecule has 0 saturated heterocycles. The lowest BCUT2D eigenvalue weighted by Crippen LogP contribution is -1.77. The Bertz CT molecular complexity index is 515. The molecule has 5 heteroatoms. The number of thiazole rings is 1. The monoisotopic (exact) mass is 272 g/mol. The molecule has 64 valence electrons. The van der Waals surface area contributed by atoms with Crippen molar-refractivity contribution in [3.8, 4) is 6.07 Å². The van der Waals surface area contributed by atoms with Crippen molar-refractivity contribution in [2.45, 2.75) is 0 Å². The molecule has 2 aromatic rings. The van der Waals surface area contributed by atoms with Crippen molar-refractivity contribution in [2.24, 2.45) is 0 Å². The third-order valence-corrected chi connectivity index (χ3v) is 3.56. The van der Waals surface area contributed by atoms with E-state index in [0.29, 0.717) is 16.1 Å². The molecule has 0 radical (unpaired) electrons. The highest BCUT2D eigenvalue weighted by Gasteiger charge is 2.09. The lowest BCUT2D eigenvalue weighted by molar-refractivity contribution is 1.42. The molecular weight excluding hydrogens is 272 g/mol. The van der Waals surface area contributed by atoms with Crippen LogP contribution in [-0.4, -0.2) is 4.98 Å². The Morgan fingerprint density at radius 1 is 1.54 bits per heavy atom. The van der Waals surface area contributed by atoms with E-state index in [0.717, 1.165) is 8.62 Å². The number of hydrogen-bond acceptors (Lipinski definition) is 3. The van der Waals surface area contributed by atoms with Crippen molar-refractivity contribution in [3.63, 3.8) is 0 Å². The third-order valence-electron chi connectivity index (χ3n) is 1.59. The van der Waals surface area contributed by atoms with Crippen LogP contribution in [0.25, 0.3) is 10.2 Å². The molecule has 0 aliphatic rings. The van der Waals surface area contributed by atoms with Gasteiger partial charge in [0.05, 0.1) is 15.3 Å². The number of fused-ring (bicyclic) bond motifs is 1. The molecule has 0 aliphatic heterocycles. The van der Waals surface area contributed by atoms with Gasteiger partial charge < -0.3 is 0 Å². The molecule has 0 amide bonds. The maximum atomic E-state index is 8.79. The van der Waals surface area contributed by atoms with E-state index in [2.05, 4.69) is 27.0 Å². The summed E-state index contributed by atoms with van der Waals surface area (Å²) in [5, 5.41) is 9.43. The van der Waals surface area contributed by atoms with Crippen LogP contribution in [0.5, 0.6) is 0 Å². The van der Waals surface area contributed by atoms with Gasteiger partial charge in [-0.15, -0.1) is 11.3 Å². The molecule has 0 aliphatic carbocycles. The molecule has 2 nitrogen and oxygen atoms in total. The molecule has 1 heterocycles. The van der Waals surface area contributed by atoms with E-state index < -0.39 is 0 Å². The number of rotatable bonds is 0. The largest absolute Gasteiger partial charge is 0.228 e. The molecule has 1 aromatic carbocycles. The van der Waals surface area contributed by atoms with E-state index in [1.54, 1.807) is 12.1 Å². The fourth-order valence-corrected chi connectivity index (χ4v) is 2.69. The highest BCUT2D eigenvalue weighted by atomic mass is 79.9. The summed E-state index contributed by atoms with van der Waals surface area (Å²) in [5.74, 6) is 0. The van der Waals surface area contributed by atoms with Crippen LogP contribution in [0, 0.1) is 11.3 Å². The van der Waals surface area contributed by atoms with Gasteiger partial charge in [-0.2, -0.15) is 5.26 Å². The molecule has 0 bridgehead atoms. The van der Waals surface area contributed by atoms with E-state index in [-0.39, 0.29) is 0 Å². The van der Waals surface area contributed by atoms with Crippen LogP contribution < -0.4 is 0 Å². The van der Waals surface area contributed by atoms with Crippen LogP contribution in [-0.2, 0) is 0 Å². The molecule has 0 N–H and O–H groups in total. The van der Waals surface area contributed by atoms with Crippen molar-refractivity contribution in [2.75, 3.05) is 0 Å². The van der Waals surface area contributed by atoms with Crippen LogP contribution in [0.3, 0.4) is 0 Å². The minimum atomic E-state index is 0.557. The molecule has 2 rings (SSSR count). The predicted molar refractivity (Wildman–Crippen MR) is 57.0 cm³/mol. The zero-order valence-corrected chi connectivity index (χ0v) is 9.37. The summed E-state index contributed by atoms with van der Waals surface area (Å²) >= 11 is 10.6. The van der Waals surface area contributed by atoms with Gasteiger partial charge in [0, 0.05) is 0 Å².